The summed E-state index contributed by atoms with van der Waals surface area (Å²) in [7, 11) is 0. The highest BCUT2D eigenvalue weighted by molar-refractivity contribution is 5.90. The Hall–Kier alpha value is -2.32. The van der Waals surface area contributed by atoms with Gasteiger partial charge in [0, 0.05) is 11.3 Å². The smallest absolute Gasteiger partial charge is 0.359 e. The van der Waals surface area contributed by atoms with Crippen LogP contribution in [0.2, 0.25) is 0 Å². The average Bonchev–Trinajstić information content (AvgIpc) is 2.87. The van der Waals surface area contributed by atoms with Crippen LogP contribution in [0.4, 0.5) is 19.0 Å². The molecular weight excluding hydrogens is 289 g/mol. The van der Waals surface area contributed by atoms with E-state index in [-0.39, 0.29) is 18.1 Å². The van der Waals surface area contributed by atoms with Gasteiger partial charge in [-0.1, -0.05) is 5.16 Å². The van der Waals surface area contributed by atoms with E-state index in [0.717, 1.165) is 10.7 Å². The van der Waals surface area contributed by atoms with Gasteiger partial charge in [0.25, 0.3) is 0 Å². The number of hydrogen-bond donors (Lipinski definition) is 1. The predicted octanol–water partition coefficient (Wildman–Crippen LogP) is 2.45. The predicted molar refractivity (Wildman–Crippen MR) is 66.6 cm³/mol. The highest BCUT2D eigenvalue weighted by Gasteiger charge is 2.34. The third-order valence-electron chi connectivity index (χ3n) is 2.98. The van der Waals surface area contributed by atoms with E-state index in [0.29, 0.717) is 11.3 Å². The van der Waals surface area contributed by atoms with Crippen molar-refractivity contribution in [3.05, 3.63) is 28.8 Å². The number of hydrogen-bond acceptors (Lipinski definition) is 4. The van der Waals surface area contributed by atoms with Crippen molar-refractivity contribution in [1.82, 2.24) is 14.9 Å². The Kier molecular flexibility index (Phi) is 3.75. The second-order valence-corrected chi connectivity index (χ2v) is 4.59. The van der Waals surface area contributed by atoms with Crippen LogP contribution in [-0.4, -0.2) is 20.8 Å². The molecule has 0 aliphatic heterocycles. The van der Waals surface area contributed by atoms with Crippen LogP contribution in [0.15, 0.2) is 10.6 Å². The summed E-state index contributed by atoms with van der Waals surface area (Å²) < 4.78 is 43.4. The quantitative estimate of drug-likeness (QED) is 0.945. The van der Waals surface area contributed by atoms with Crippen molar-refractivity contribution in [3.63, 3.8) is 0 Å². The maximum atomic E-state index is 12.5. The molecule has 6 nitrogen and oxygen atoms in total. The molecule has 0 saturated heterocycles. The van der Waals surface area contributed by atoms with Gasteiger partial charge < -0.3 is 9.84 Å². The van der Waals surface area contributed by atoms with Crippen molar-refractivity contribution < 1.29 is 22.5 Å². The van der Waals surface area contributed by atoms with Crippen LogP contribution >= 0.6 is 0 Å². The van der Waals surface area contributed by atoms with E-state index in [1.807, 2.05) is 0 Å². The van der Waals surface area contributed by atoms with Gasteiger partial charge in [0.15, 0.2) is 11.5 Å². The van der Waals surface area contributed by atoms with Gasteiger partial charge in [-0.25, -0.2) is 0 Å². The fourth-order valence-electron chi connectivity index (χ4n) is 1.65. The number of halogens is 3. The summed E-state index contributed by atoms with van der Waals surface area (Å²) in [4.78, 5) is 11.8. The molecule has 0 fully saturated rings. The number of carbonyl (C=O) groups excluding carboxylic acids is 1. The molecule has 114 valence electrons. The van der Waals surface area contributed by atoms with Crippen LogP contribution < -0.4 is 5.32 Å². The normalized spacial score (nSPS) is 11.7. The number of rotatable bonds is 3. The first-order valence-corrected chi connectivity index (χ1v) is 6.03. The summed E-state index contributed by atoms with van der Waals surface area (Å²) in [5.74, 6) is 0.268. The molecule has 1 N–H and O–H groups in total. The molecule has 0 aliphatic rings. The minimum absolute atomic E-state index is 0.241. The molecule has 9 heteroatoms. The van der Waals surface area contributed by atoms with Crippen LogP contribution in [-0.2, 0) is 17.5 Å². The molecule has 0 radical (unpaired) electrons. The monoisotopic (exact) mass is 302 g/mol. The van der Waals surface area contributed by atoms with E-state index in [2.05, 4.69) is 15.6 Å². The van der Waals surface area contributed by atoms with E-state index in [4.69, 9.17) is 4.52 Å². The second kappa shape index (κ2) is 5.23. The van der Waals surface area contributed by atoms with E-state index in [9.17, 15) is 18.0 Å². The van der Waals surface area contributed by atoms with Gasteiger partial charge in [-0.2, -0.15) is 18.3 Å². The molecule has 0 unspecified atom stereocenters. The van der Waals surface area contributed by atoms with Gasteiger partial charge in [0.2, 0.25) is 5.91 Å². The third kappa shape index (κ3) is 3.23. The first-order valence-electron chi connectivity index (χ1n) is 6.03. The number of nitrogens with zero attached hydrogens (tertiary/aromatic N) is 3. The Bertz CT molecular complexity index is 673. The van der Waals surface area contributed by atoms with Crippen LogP contribution in [0.3, 0.4) is 0 Å². The summed E-state index contributed by atoms with van der Waals surface area (Å²) in [6.07, 6.45) is -4.54. The van der Waals surface area contributed by atoms with Crippen LogP contribution in [0.5, 0.6) is 0 Å². The first kappa shape index (κ1) is 15.1. The van der Waals surface area contributed by atoms with Crippen molar-refractivity contribution in [2.24, 2.45) is 0 Å². The van der Waals surface area contributed by atoms with Crippen LogP contribution in [0.1, 0.15) is 22.7 Å². The van der Waals surface area contributed by atoms with Gasteiger partial charge in [-0.3, -0.25) is 9.48 Å². The molecule has 2 heterocycles. The molecule has 0 bridgehead atoms. The van der Waals surface area contributed by atoms with Crippen molar-refractivity contribution in [2.75, 3.05) is 5.32 Å². The van der Waals surface area contributed by atoms with Crippen molar-refractivity contribution in [1.29, 1.82) is 0 Å². The van der Waals surface area contributed by atoms with E-state index in [1.165, 1.54) is 6.92 Å². The number of nitrogens with one attached hydrogen (secondary N) is 1. The lowest BCUT2D eigenvalue weighted by Gasteiger charge is -2.05. The fourth-order valence-corrected chi connectivity index (χ4v) is 1.65. The fraction of sp³-hybridized carbons (Fsp3) is 0.417. The SMILES string of the molecule is Cc1onc(NC(=O)Cn2nc(C(F)(F)F)cc2C)c1C. The van der Waals surface area contributed by atoms with Crippen molar-refractivity contribution in [3.8, 4) is 0 Å². The number of alkyl halides is 3. The van der Waals surface area contributed by atoms with Gasteiger partial charge >= 0.3 is 6.18 Å². The molecule has 21 heavy (non-hydrogen) atoms. The lowest BCUT2D eigenvalue weighted by Crippen LogP contribution is -2.21. The zero-order chi connectivity index (χ0) is 15.8. The topological polar surface area (TPSA) is 73.0 Å². The van der Waals surface area contributed by atoms with Crippen molar-refractivity contribution >= 4 is 11.7 Å². The minimum atomic E-state index is -4.54. The summed E-state index contributed by atoms with van der Waals surface area (Å²) in [6.45, 7) is 4.50. The zero-order valence-electron chi connectivity index (χ0n) is 11.6. The van der Waals surface area contributed by atoms with Crippen LogP contribution in [0.25, 0.3) is 0 Å². The summed E-state index contributed by atoms with van der Waals surface area (Å²) >= 11 is 0. The Labute approximate surface area is 117 Å². The lowest BCUT2D eigenvalue weighted by atomic mass is 10.3. The van der Waals surface area contributed by atoms with Gasteiger partial charge in [0.1, 0.15) is 12.3 Å². The summed E-state index contributed by atoms with van der Waals surface area (Å²) in [5.41, 5.74) is -0.122. The molecule has 0 atom stereocenters. The maximum absolute atomic E-state index is 12.5. The number of anilines is 1. The molecule has 0 aromatic carbocycles. The number of aromatic nitrogens is 3. The Balaban J connectivity index is 2.10. The van der Waals surface area contributed by atoms with Crippen LogP contribution in [0, 0.1) is 20.8 Å². The minimum Gasteiger partial charge on any atom is -0.359 e. The number of amides is 1. The highest BCUT2D eigenvalue weighted by atomic mass is 19.4. The Morgan fingerprint density at radius 1 is 1.38 bits per heavy atom. The third-order valence-corrected chi connectivity index (χ3v) is 2.98. The molecule has 2 rings (SSSR count). The van der Waals surface area contributed by atoms with Crippen molar-refractivity contribution in [2.45, 2.75) is 33.5 Å². The molecule has 0 aliphatic carbocycles. The van der Waals surface area contributed by atoms with E-state index < -0.39 is 17.8 Å². The highest BCUT2D eigenvalue weighted by Crippen LogP contribution is 2.28. The van der Waals surface area contributed by atoms with E-state index >= 15 is 0 Å². The summed E-state index contributed by atoms with van der Waals surface area (Å²) in [6, 6.07) is 0.888. The first-order chi connectivity index (χ1) is 9.68. The molecule has 2 aromatic heterocycles. The maximum Gasteiger partial charge on any atom is 0.435 e. The number of carbonyl (C=O) groups is 1. The van der Waals surface area contributed by atoms with Gasteiger partial charge in [-0.15, -0.1) is 0 Å². The number of aryl methyl sites for hydroxylation is 2. The molecular formula is C12H13F3N4O2. The Morgan fingerprint density at radius 3 is 2.52 bits per heavy atom. The van der Waals surface area contributed by atoms with Gasteiger partial charge in [-0.05, 0) is 26.8 Å². The second-order valence-electron chi connectivity index (χ2n) is 4.59. The largest absolute Gasteiger partial charge is 0.435 e. The molecule has 0 saturated carbocycles. The van der Waals surface area contributed by atoms with E-state index in [1.54, 1.807) is 13.8 Å². The zero-order valence-corrected chi connectivity index (χ0v) is 11.6. The molecule has 0 spiro atoms. The lowest BCUT2D eigenvalue weighted by molar-refractivity contribution is -0.141. The molecule has 1 amide bonds. The summed E-state index contributed by atoms with van der Waals surface area (Å²) in [5, 5.41) is 9.49. The van der Waals surface area contributed by atoms with Gasteiger partial charge in [0.05, 0.1) is 0 Å². The Morgan fingerprint density at radius 2 is 2.05 bits per heavy atom. The molecule has 2 aromatic rings. The average molecular weight is 302 g/mol. The standard InChI is InChI=1S/C12H13F3N4O2/c1-6-4-9(12(13,14)15)17-19(6)5-10(20)16-11-7(2)8(3)21-18-11/h4H,5H2,1-3H3,(H,16,18,20).